The first-order chi connectivity index (χ1) is 18.9. The zero-order valence-corrected chi connectivity index (χ0v) is 21.8. The molecule has 1 atom stereocenters. The maximum absolute atomic E-state index is 13.5. The van der Waals surface area contributed by atoms with Gasteiger partial charge in [0.1, 0.15) is 5.76 Å². The molecule has 0 radical (unpaired) electrons. The molecule has 0 spiro atoms. The summed E-state index contributed by atoms with van der Waals surface area (Å²) in [5, 5.41) is 14.8. The second kappa shape index (κ2) is 10.8. The van der Waals surface area contributed by atoms with E-state index in [1.54, 1.807) is 30.3 Å². The predicted molar refractivity (Wildman–Crippen MR) is 152 cm³/mol. The van der Waals surface area contributed by atoms with Gasteiger partial charge in [0.15, 0.2) is 11.5 Å². The van der Waals surface area contributed by atoms with Crippen molar-refractivity contribution in [3.63, 3.8) is 0 Å². The molecule has 0 bridgehead atoms. The SMILES string of the molecule is COc1ccc(/C(O)=C2/C(=O)C(=O)N(c3ccc(Nc4ccccc4)cc3)C2c2cccc(C)c2)cc1OC. The molecule has 1 aliphatic rings. The summed E-state index contributed by atoms with van der Waals surface area (Å²) in [6, 6.07) is 28.6. The Bertz CT molecular complexity index is 1560. The van der Waals surface area contributed by atoms with E-state index in [0.717, 1.165) is 16.9 Å². The third kappa shape index (κ3) is 4.94. The Hall–Kier alpha value is -5.04. The topological polar surface area (TPSA) is 88.1 Å². The number of nitrogens with zero attached hydrogens (tertiary/aromatic N) is 1. The van der Waals surface area contributed by atoms with E-state index in [1.807, 2.05) is 73.7 Å². The second-order valence-electron chi connectivity index (χ2n) is 9.19. The van der Waals surface area contributed by atoms with Crippen LogP contribution in [0.15, 0.2) is 103 Å². The average molecular weight is 521 g/mol. The van der Waals surface area contributed by atoms with Crippen LogP contribution in [0.5, 0.6) is 11.5 Å². The van der Waals surface area contributed by atoms with Gasteiger partial charge in [0.05, 0.1) is 25.8 Å². The van der Waals surface area contributed by atoms with Crippen molar-refractivity contribution in [3.05, 3.63) is 119 Å². The molecule has 7 nitrogen and oxygen atoms in total. The van der Waals surface area contributed by atoms with Gasteiger partial charge in [0.2, 0.25) is 0 Å². The zero-order chi connectivity index (χ0) is 27.5. The largest absolute Gasteiger partial charge is 0.507 e. The summed E-state index contributed by atoms with van der Waals surface area (Å²) >= 11 is 0. The molecular formula is C32H28N2O5. The highest BCUT2D eigenvalue weighted by molar-refractivity contribution is 6.51. The minimum Gasteiger partial charge on any atom is -0.507 e. The molecule has 5 rings (SSSR count). The van der Waals surface area contributed by atoms with Gasteiger partial charge in [0, 0.05) is 22.6 Å². The van der Waals surface area contributed by atoms with Gasteiger partial charge < -0.3 is 19.9 Å². The normalized spacial score (nSPS) is 16.3. The molecule has 1 saturated heterocycles. The maximum atomic E-state index is 13.5. The van der Waals surface area contributed by atoms with Crippen molar-refractivity contribution in [2.45, 2.75) is 13.0 Å². The first-order valence-electron chi connectivity index (χ1n) is 12.4. The maximum Gasteiger partial charge on any atom is 0.300 e. The number of aryl methyl sites for hydroxylation is 1. The fourth-order valence-electron chi connectivity index (χ4n) is 4.79. The molecule has 1 aliphatic heterocycles. The van der Waals surface area contributed by atoms with E-state index >= 15 is 0 Å². The Morgan fingerprint density at radius 2 is 1.49 bits per heavy atom. The lowest BCUT2D eigenvalue weighted by molar-refractivity contribution is -0.132. The number of amides is 1. The third-order valence-corrected chi connectivity index (χ3v) is 6.67. The number of benzene rings is 4. The number of ether oxygens (including phenoxy) is 2. The highest BCUT2D eigenvalue weighted by Crippen LogP contribution is 2.43. The molecule has 7 heteroatoms. The van der Waals surface area contributed by atoms with E-state index in [0.29, 0.717) is 28.3 Å². The summed E-state index contributed by atoms with van der Waals surface area (Å²) < 4.78 is 10.7. The summed E-state index contributed by atoms with van der Waals surface area (Å²) in [5.74, 6) is -0.892. The van der Waals surface area contributed by atoms with Gasteiger partial charge >= 0.3 is 0 Å². The Balaban J connectivity index is 1.60. The lowest BCUT2D eigenvalue weighted by Gasteiger charge is -2.26. The number of carbonyl (C=O) groups excluding carboxylic acids is 2. The minimum atomic E-state index is -0.828. The van der Waals surface area contributed by atoms with Crippen LogP contribution in [0.3, 0.4) is 0 Å². The van der Waals surface area contributed by atoms with Crippen LogP contribution in [0, 0.1) is 6.92 Å². The van der Waals surface area contributed by atoms with E-state index in [1.165, 1.54) is 19.1 Å². The standard InChI is InChI=1S/C32H28N2O5/c1-20-8-7-9-21(18-20)29-28(30(35)22-12-17-26(38-2)27(19-22)39-3)31(36)32(37)34(29)25-15-13-24(14-16-25)33-23-10-5-4-6-11-23/h4-19,29,33,35H,1-3H3/b30-28-. The fraction of sp³-hybridized carbons (Fsp3) is 0.125. The van der Waals surface area contributed by atoms with Gasteiger partial charge in [-0.25, -0.2) is 0 Å². The monoisotopic (exact) mass is 520 g/mol. The van der Waals surface area contributed by atoms with Gasteiger partial charge in [-0.1, -0.05) is 48.0 Å². The Morgan fingerprint density at radius 1 is 0.795 bits per heavy atom. The Labute approximate surface area is 226 Å². The van der Waals surface area contributed by atoms with E-state index in [4.69, 9.17) is 9.47 Å². The number of Topliss-reactive ketones (excluding diaryl/α,β-unsaturated/α-hetero) is 1. The molecule has 1 unspecified atom stereocenters. The summed E-state index contributed by atoms with van der Waals surface area (Å²) in [4.78, 5) is 28.4. The van der Waals surface area contributed by atoms with Crippen LogP contribution in [0.4, 0.5) is 17.1 Å². The minimum absolute atomic E-state index is 0.00399. The van der Waals surface area contributed by atoms with Crippen molar-refractivity contribution in [1.29, 1.82) is 0 Å². The number of methoxy groups -OCH3 is 2. The molecule has 0 aromatic heterocycles. The number of rotatable bonds is 7. The van der Waals surface area contributed by atoms with Crippen LogP contribution in [-0.4, -0.2) is 31.0 Å². The van der Waals surface area contributed by atoms with Crippen molar-refractivity contribution in [3.8, 4) is 11.5 Å². The number of anilines is 3. The first-order valence-corrected chi connectivity index (χ1v) is 12.4. The number of carbonyl (C=O) groups is 2. The number of aliphatic hydroxyl groups excluding tert-OH is 1. The molecule has 0 saturated carbocycles. The number of aliphatic hydroxyl groups is 1. The van der Waals surface area contributed by atoms with E-state index in [9.17, 15) is 14.7 Å². The van der Waals surface area contributed by atoms with Crippen molar-refractivity contribution in [1.82, 2.24) is 0 Å². The van der Waals surface area contributed by atoms with Gasteiger partial charge in [0.25, 0.3) is 11.7 Å². The van der Waals surface area contributed by atoms with Crippen molar-refractivity contribution in [2.24, 2.45) is 0 Å². The lowest BCUT2D eigenvalue weighted by atomic mass is 9.94. The van der Waals surface area contributed by atoms with Crippen LogP contribution >= 0.6 is 0 Å². The van der Waals surface area contributed by atoms with Crippen LogP contribution < -0.4 is 19.7 Å². The third-order valence-electron chi connectivity index (χ3n) is 6.67. The lowest BCUT2D eigenvalue weighted by Crippen LogP contribution is -2.29. The molecular weight excluding hydrogens is 492 g/mol. The number of hydrogen-bond donors (Lipinski definition) is 2. The van der Waals surface area contributed by atoms with Crippen molar-refractivity contribution >= 4 is 34.5 Å². The summed E-state index contributed by atoms with van der Waals surface area (Å²) in [6.07, 6.45) is 0. The zero-order valence-electron chi connectivity index (χ0n) is 21.8. The number of ketones is 1. The van der Waals surface area contributed by atoms with Crippen LogP contribution in [0.1, 0.15) is 22.7 Å². The highest BCUT2D eigenvalue weighted by Gasteiger charge is 2.47. The molecule has 0 aliphatic carbocycles. The van der Waals surface area contributed by atoms with Gasteiger partial charge in [-0.3, -0.25) is 14.5 Å². The van der Waals surface area contributed by atoms with E-state index in [2.05, 4.69) is 5.32 Å². The van der Waals surface area contributed by atoms with Gasteiger partial charge in [-0.2, -0.15) is 0 Å². The fourth-order valence-corrected chi connectivity index (χ4v) is 4.79. The molecule has 4 aromatic carbocycles. The van der Waals surface area contributed by atoms with Gasteiger partial charge in [-0.15, -0.1) is 0 Å². The van der Waals surface area contributed by atoms with Gasteiger partial charge in [-0.05, 0) is 67.1 Å². The first kappa shape index (κ1) is 25.6. The number of para-hydroxylation sites is 1. The Kier molecular flexibility index (Phi) is 7.06. The summed E-state index contributed by atoms with van der Waals surface area (Å²) in [5.41, 5.74) is 4.32. The molecule has 196 valence electrons. The average Bonchev–Trinajstić information content (AvgIpc) is 3.23. The van der Waals surface area contributed by atoms with E-state index in [-0.39, 0.29) is 11.3 Å². The van der Waals surface area contributed by atoms with E-state index < -0.39 is 17.7 Å². The second-order valence-corrected chi connectivity index (χ2v) is 9.19. The quantitative estimate of drug-likeness (QED) is 0.167. The predicted octanol–water partition coefficient (Wildman–Crippen LogP) is 6.38. The number of nitrogens with one attached hydrogen (secondary N) is 1. The summed E-state index contributed by atoms with van der Waals surface area (Å²) in [6.45, 7) is 1.94. The van der Waals surface area contributed by atoms with Crippen LogP contribution in [0.2, 0.25) is 0 Å². The number of hydrogen-bond acceptors (Lipinski definition) is 6. The molecule has 4 aromatic rings. The van der Waals surface area contributed by atoms with Crippen LogP contribution in [0.25, 0.3) is 5.76 Å². The Morgan fingerprint density at radius 3 is 2.15 bits per heavy atom. The smallest absolute Gasteiger partial charge is 0.300 e. The molecule has 39 heavy (non-hydrogen) atoms. The molecule has 1 amide bonds. The highest BCUT2D eigenvalue weighted by atomic mass is 16.5. The molecule has 2 N–H and O–H groups in total. The molecule has 1 heterocycles. The summed E-state index contributed by atoms with van der Waals surface area (Å²) in [7, 11) is 3.00. The van der Waals surface area contributed by atoms with Crippen LogP contribution in [-0.2, 0) is 9.59 Å². The van der Waals surface area contributed by atoms with Crippen molar-refractivity contribution < 1.29 is 24.2 Å². The molecule has 1 fully saturated rings. The van der Waals surface area contributed by atoms with Crippen molar-refractivity contribution in [2.75, 3.05) is 24.4 Å².